The molecule has 1 aliphatic rings. The van der Waals surface area contributed by atoms with E-state index in [1.54, 1.807) is 0 Å². The molecule has 2 aromatic rings. The van der Waals surface area contributed by atoms with Crippen molar-refractivity contribution < 1.29 is 13.6 Å². The summed E-state index contributed by atoms with van der Waals surface area (Å²) in [4.78, 5) is 15.2. The van der Waals surface area contributed by atoms with Gasteiger partial charge in [-0.15, -0.1) is 5.10 Å². The Morgan fingerprint density at radius 2 is 2.03 bits per heavy atom. The standard InChI is InChI=1S/C21H26F2N6O/c1-21(2,28-10-5-6-11-28)19(15-7-8-16(22)17(23)13-15)25-20(30)18-14-29(27-26-18)12-4-3-9-24/h7-8,13-14,19H,3-6,10-12H2,1-2H3,(H,25,30)/t19-/m0/s1. The van der Waals surface area contributed by atoms with E-state index in [-0.39, 0.29) is 5.69 Å². The molecule has 1 amide bonds. The third-order valence-electron chi connectivity index (χ3n) is 5.63. The van der Waals surface area contributed by atoms with Crippen LogP contribution in [0.2, 0.25) is 0 Å². The summed E-state index contributed by atoms with van der Waals surface area (Å²) in [5, 5.41) is 19.4. The van der Waals surface area contributed by atoms with Gasteiger partial charge in [-0.3, -0.25) is 14.4 Å². The van der Waals surface area contributed by atoms with Gasteiger partial charge in [-0.1, -0.05) is 11.3 Å². The summed E-state index contributed by atoms with van der Waals surface area (Å²) in [5.74, 6) is -2.32. The van der Waals surface area contributed by atoms with Gasteiger partial charge in [0, 0.05) is 18.5 Å². The maximum Gasteiger partial charge on any atom is 0.274 e. The second-order valence-corrected chi connectivity index (χ2v) is 8.06. The first-order chi connectivity index (χ1) is 14.3. The Morgan fingerprint density at radius 3 is 2.70 bits per heavy atom. The van der Waals surface area contributed by atoms with Crippen LogP contribution in [0.25, 0.3) is 0 Å². The van der Waals surface area contributed by atoms with E-state index in [9.17, 15) is 13.6 Å². The van der Waals surface area contributed by atoms with Gasteiger partial charge in [0.05, 0.1) is 18.3 Å². The van der Waals surface area contributed by atoms with Crippen molar-refractivity contribution in [3.63, 3.8) is 0 Å². The Labute approximate surface area is 174 Å². The van der Waals surface area contributed by atoms with Crippen LogP contribution in [0.1, 0.15) is 61.6 Å². The average molecular weight is 416 g/mol. The molecule has 0 saturated carbocycles. The molecular weight excluding hydrogens is 390 g/mol. The topological polar surface area (TPSA) is 86.8 Å². The molecule has 0 unspecified atom stereocenters. The summed E-state index contributed by atoms with van der Waals surface area (Å²) in [5.41, 5.74) is 0.0940. The number of unbranched alkanes of at least 4 members (excludes halogenated alkanes) is 1. The molecule has 1 aromatic carbocycles. The Bertz CT molecular complexity index is 930. The molecule has 30 heavy (non-hydrogen) atoms. The lowest BCUT2D eigenvalue weighted by Gasteiger charge is -2.42. The van der Waals surface area contributed by atoms with Gasteiger partial charge in [-0.05, 0) is 63.9 Å². The van der Waals surface area contributed by atoms with E-state index in [1.165, 1.54) is 16.9 Å². The number of rotatable bonds is 8. The van der Waals surface area contributed by atoms with Gasteiger partial charge < -0.3 is 5.32 Å². The molecule has 0 aliphatic carbocycles. The molecule has 0 radical (unpaired) electrons. The quantitative estimate of drug-likeness (QED) is 0.668. The van der Waals surface area contributed by atoms with Crippen LogP contribution < -0.4 is 5.32 Å². The Hall–Kier alpha value is -2.86. The van der Waals surface area contributed by atoms with Crippen LogP contribution in [0.3, 0.4) is 0 Å². The summed E-state index contributed by atoms with van der Waals surface area (Å²) in [6.45, 7) is 6.21. The molecule has 3 rings (SSSR count). The van der Waals surface area contributed by atoms with E-state index in [0.29, 0.717) is 24.9 Å². The van der Waals surface area contributed by atoms with Crippen molar-refractivity contribution in [1.82, 2.24) is 25.2 Å². The molecule has 1 aromatic heterocycles. The number of nitrogens with one attached hydrogen (secondary N) is 1. The number of halogens is 2. The number of nitriles is 1. The van der Waals surface area contributed by atoms with Crippen molar-refractivity contribution in [2.75, 3.05) is 13.1 Å². The molecular formula is C21H26F2N6O. The van der Waals surface area contributed by atoms with Gasteiger partial charge in [-0.2, -0.15) is 5.26 Å². The van der Waals surface area contributed by atoms with Crippen molar-refractivity contribution in [1.29, 1.82) is 5.26 Å². The number of carbonyl (C=O) groups excluding carboxylic acids is 1. The van der Waals surface area contributed by atoms with Crippen molar-refractivity contribution in [2.24, 2.45) is 0 Å². The Balaban J connectivity index is 1.84. The zero-order chi connectivity index (χ0) is 21.7. The number of aryl methyl sites for hydroxylation is 1. The molecule has 2 heterocycles. The fourth-order valence-corrected chi connectivity index (χ4v) is 3.87. The summed E-state index contributed by atoms with van der Waals surface area (Å²) < 4.78 is 29.0. The Morgan fingerprint density at radius 1 is 1.30 bits per heavy atom. The molecule has 7 nitrogen and oxygen atoms in total. The summed E-state index contributed by atoms with van der Waals surface area (Å²) in [6, 6.07) is 5.19. The summed E-state index contributed by atoms with van der Waals surface area (Å²) in [6.07, 6.45) is 4.64. The van der Waals surface area contributed by atoms with Gasteiger partial charge in [0.1, 0.15) is 0 Å². The highest BCUT2D eigenvalue weighted by Crippen LogP contribution is 2.34. The lowest BCUT2D eigenvalue weighted by atomic mass is 9.86. The number of nitrogens with zero attached hydrogens (tertiary/aromatic N) is 5. The zero-order valence-electron chi connectivity index (χ0n) is 17.2. The highest BCUT2D eigenvalue weighted by Gasteiger charge is 2.39. The minimum atomic E-state index is -0.951. The predicted octanol–water partition coefficient (Wildman–Crippen LogP) is 3.21. The second-order valence-electron chi connectivity index (χ2n) is 8.06. The number of likely N-dealkylation sites (tertiary alicyclic amines) is 1. The number of aromatic nitrogens is 3. The van der Waals surface area contributed by atoms with Gasteiger partial charge in [0.2, 0.25) is 0 Å². The average Bonchev–Trinajstić information content (AvgIpc) is 3.41. The summed E-state index contributed by atoms with van der Waals surface area (Å²) in [7, 11) is 0. The van der Waals surface area contributed by atoms with Crippen LogP contribution in [-0.4, -0.2) is 44.4 Å². The van der Waals surface area contributed by atoms with E-state index in [1.807, 2.05) is 13.8 Å². The van der Waals surface area contributed by atoms with Crippen LogP contribution in [0.15, 0.2) is 24.4 Å². The number of benzene rings is 1. The molecule has 1 saturated heterocycles. The van der Waals surface area contributed by atoms with Crippen LogP contribution in [0.5, 0.6) is 0 Å². The van der Waals surface area contributed by atoms with Crippen LogP contribution in [-0.2, 0) is 6.54 Å². The van der Waals surface area contributed by atoms with Gasteiger partial charge >= 0.3 is 0 Å². The van der Waals surface area contributed by atoms with E-state index in [2.05, 4.69) is 26.6 Å². The highest BCUT2D eigenvalue weighted by molar-refractivity contribution is 5.92. The number of carbonyl (C=O) groups is 1. The largest absolute Gasteiger partial charge is 0.342 e. The first kappa shape index (κ1) is 21.8. The number of amides is 1. The lowest BCUT2D eigenvalue weighted by molar-refractivity contribution is 0.0773. The predicted molar refractivity (Wildman–Crippen MR) is 106 cm³/mol. The van der Waals surface area contributed by atoms with E-state index >= 15 is 0 Å². The van der Waals surface area contributed by atoms with E-state index < -0.39 is 29.1 Å². The molecule has 0 bridgehead atoms. The van der Waals surface area contributed by atoms with Crippen molar-refractivity contribution in [3.8, 4) is 6.07 Å². The minimum Gasteiger partial charge on any atom is -0.342 e. The fourth-order valence-electron chi connectivity index (χ4n) is 3.87. The third kappa shape index (κ3) is 4.82. The maximum atomic E-state index is 14.0. The van der Waals surface area contributed by atoms with Crippen molar-refractivity contribution >= 4 is 5.91 Å². The van der Waals surface area contributed by atoms with Gasteiger partial charge in [0.25, 0.3) is 5.91 Å². The molecule has 1 N–H and O–H groups in total. The van der Waals surface area contributed by atoms with E-state index in [0.717, 1.165) is 38.1 Å². The fraction of sp³-hybridized carbons (Fsp3) is 0.524. The smallest absolute Gasteiger partial charge is 0.274 e. The van der Waals surface area contributed by atoms with Gasteiger partial charge in [0.15, 0.2) is 17.3 Å². The molecule has 1 fully saturated rings. The van der Waals surface area contributed by atoms with Crippen molar-refractivity contribution in [2.45, 2.75) is 57.7 Å². The first-order valence-electron chi connectivity index (χ1n) is 10.1. The molecule has 1 aliphatic heterocycles. The monoisotopic (exact) mass is 416 g/mol. The lowest BCUT2D eigenvalue weighted by Crippen LogP contribution is -2.52. The van der Waals surface area contributed by atoms with Crippen LogP contribution in [0, 0.1) is 23.0 Å². The molecule has 1 atom stereocenters. The first-order valence-corrected chi connectivity index (χ1v) is 10.1. The Kier molecular flexibility index (Phi) is 6.77. The molecule has 9 heteroatoms. The molecule has 0 spiro atoms. The number of hydrogen-bond donors (Lipinski definition) is 1. The summed E-state index contributed by atoms with van der Waals surface area (Å²) >= 11 is 0. The second kappa shape index (κ2) is 9.30. The maximum absolute atomic E-state index is 14.0. The molecule has 160 valence electrons. The van der Waals surface area contributed by atoms with Crippen LogP contribution in [0.4, 0.5) is 8.78 Å². The SMILES string of the molecule is CC(C)([C@@H](NC(=O)c1cn(CCCC#N)nn1)c1ccc(F)c(F)c1)N1CCCC1. The van der Waals surface area contributed by atoms with Gasteiger partial charge in [-0.25, -0.2) is 8.78 Å². The zero-order valence-corrected chi connectivity index (χ0v) is 17.2. The van der Waals surface area contributed by atoms with E-state index in [4.69, 9.17) is 5.26 Å². The third-order valence-corrected chi connectivity index (χ3v) is 5.63. The van der Waals surface area contributed by atoms with Crippen LogP contribution >= 0.6 is 0 Å². The van der Waals surface area contributed by atoms with Crippen molar-refractivity contribution in [3.05, 3.63) is 47.3 Å². The minimum absolute atomic E-state index is 0.136. The number of hydrogen-bond acceptors (Lipinski definition) is 5. The normalized spacial score (nSPS) is 15.7. The highest BCUT2D eigenvalue weighted by atomic mass is 19.2.